The summed E-state index contributed by atoms with van der Waals surface area (Å²) >= 11 is 0. The molecule has 0 bridgehead atoms. The lowest BCUT2D eigenvalue weighted by Gasteiger charge is -2.34. The number of aromatic amines is 1. The third-order valence-corrected chi connectivity index (χ3v) is 7.51. The number of H-pyrrole nitrogens is 1. The van der Waals surface area contributed by atoms with Crippen molar-refractivity contribution in [3.05, 3.63) is 17.5 Å². The molecule has 2 saturated heterocycles. The van der Waals surface area contributed by atoms with E-state index in [2.05, 4.69) is 10.2 Å². The summed E-state index contributed by atoms with van der Waals surface area (Å²) in [7, 11) is 1.91. The van der Waals surface area contributed by atoms with Crippen LogP contribution in [0.25, 0.3) is 0 Å². The standard InChI is InChI=1S/C24H37N5O3/c1-27(19-9-3-2-4-10-19)24(32)20-16-25-26-23(20)18-8-5-15-29(17-18)22(31)12-7-14-28-13-6-11-21(28)30/h16,18-19H,2-15,17H2,1H3,(H,25,26). The van der Waals surface area contributed by atoms with E-state index in [0.29, 0.717) is 44.0 Å². The molecule has 8 heteroatoms. The monoisotopic (exact) mass is 443 g/mol. The minimum atomic E-state index is 0.0411. The number of piperidine rings is 1. The Labute approximate surface area is 190 Å². The first-order valence-electron chi connectivity index (χ1n) is 12.4. The number of amides is 3. The van der Waals surface area contributed by atoms with Crippen molar-refractivity contribution < 1.29 is 14.4 Å². The van der Waals surface area contributed by atoms with Gasteiger partial charge in [-0.3, -0.25) is 19.5 Å². The fourth-order valence-corrected chi connectivity index (χ4v) is 5.56. The molecule has 176 valence electrons. The highest BCUT2D eigenvalue weighted by Gasteiger charge is 2.31. The van der Waals surface area contributed by atoms with Gasteiger partial charge in [0.2, 0.25) is 11.8 Å². The maximum absolute atomic E-state index is 13.2. The van der Waals surface area contributed by atoms with Gasteiger partial charge in [0, 0.05) is 58.0 Å². The Bertz CT molecular complexity index is 816. The maximum atomic E-state index is 13.2. The summed E-state index contributed by atoms with van der Waals surface area (Å²) in [5.41, 5.74) is 1.53. The predicted octanol–water partition coefficient (Wildman–Crippen LogP) is 2.92. The van der Waals surface area contributed by atoms with E-state index in [9.17, 15) is 14.4 Å². The van der Waals surface area contributed by atoms with E-state index in [1.807, 2.05) is 21.7 Å². The van der Waals surface area contributed by atoms with Crippen molar-refractivity contribution in [1.29, 1.82) is 0 Å². The van der Waals surface area contributed by atoms with Gasteiger partial charge in [0.25, 0.3) is 5.91 Å². The van der Waals surface area contributed by atoms with Gasteiger partial charge in [-0.1, -0.05) is 19.3 Å². The summed E-state index contributed by atoms with van der Waals surface area (Å²) < 4.78 is 0. The van der Waals surface area contributed by atoms with Crippen molar-refractivity contribution in [2.45, 2.75) is 82.6 Å². The molecule has 8 nitrogen and oxygen atoms in total. The zero-order chi connectivity index (χ0) is 22.5. The van der Waals surface area contributed by atoms with Gasteiger partial charge in [0.05, 0.1) is 17.5 Å². The lowest BCUT2D eigenvalue weighted by molar-refractivity contribution is -0.133. The summed E-state index contributed by atoms with van der Waals surface area (Å²) in [6.45, 7) is 2.88. The number of hydrogen-bond donors (Lipinski definition) is 1. The molecule has 1 aromatic rings. The Morgan fingerprint density at radius 2 is 1.94 bits per heavy atom. The molecule has 1 aromatic heterocycles. The molecule has 1 saturated carbocycles. The normalized spacial score (nSPS) is 22.4. The summed E-state index contributed by atoms with van der Waals surface area (Å²) in [4.78, 5) is 43.5. The van der Waals surface area contributed by atoms with Crippen molar-refractivity contribution >= 4 is 17.7 Å². The molecule has 1 unspecified atom stereocenters. The van der Waals surface area contributed by atoms with Crippen LogP contribution >= 0.6 is 0 Å². The molecule has 2 aliphatic heterocycles. The quantitative estimate of drug-likeness (QED) is 0.702. The van der Waals surface area contributed by atoms with Gasteiger partial charge in [-0.25, -0.2) is 0 Å². The maximum Gasteiger partial charge on any atom is 0.257 e. The largest absolute Gasteiger partial charge is 0.343 e. The second kappa shape index (κ2) is 10.5. The lowest BCUT2D eigenvalue weighted by atomic mass is 9.91. The average molecular weight is 444 g/mol. The molecule has 1 aliphatic carbocycles. The Balaban J connectivity index is 1.33. The zero-order valence-electron chi connectivity index (χ0n) is 19.4. The summed E-state index contributed by atoms with van der Waals surface area (Å²) in [6.07, 6.45) is 12.1. The van der Waals surface area contributed by atoms with Crippen LogP contribution in [0, 0.1) is 0 Å². The van der Waals surface area contributed by atoms with Gasteiger partial charge >= 0.3 is 0 Å². The van der Waals surface area contributed by atoms with E-state index >= 15 is 0 Å². The molecular formula is C24H37N5O3. The molecule has 3 fully saturated rings. The minimum Gasteiger partial charge on any atom is -0.343 e. The minimum absolute atomic E-state index is 0.0411. The Morgan fingerprint density at radius 1 is 1.12 bits per heavy atom. The topological polar surface area (TPSA) is 89.6 Å². The number of hydrogen-bond acceptors (Lipinski definition) is 4. The smallest absolute Gasteiger partial charge is 0.257 e. The Kier molecular flexibility index (Phi) is 7.48. The highest BCUT2D eigenvalue weighted by molar-refractivity contribution is 5.95. The van der Waals surface area contributed by atoms with Crippen LogP contribution in [0.15, 0.2) is 6.20 Å². The number of carbonyl (C=O) groups excluding carboxylic acids is 3. The molecule has 3 aliphatic rings. The van der Waals surface area contributed by atoms with Gasteiger partial charge in [-0.2, -0.15) is 5.10 Å². The molecule has 3 heterocycles. The third kappa shape index (κ3) is 5.15. The molecule has 0 radical (unpaired) electrons. The average Bonchev–Trinajstić information content (AvgIpc) is 3.48. The fraction of sp³-hybridized carbons (Fsp3) is 0.750. The molecule has 3 amide bonds. The van der Waals surface area contributed by atoms with Crippen LogP contribution in [0.4, 0.5) is 0 Å². The van der Waals surface area contributed by atoms with Gasteiger partial charge in [0.1, 0.15) is 0 Å². The van der Waals surface area contributed by atoms with Crippen molar-refractivity contribution in [3.8, 4) is 0 Å². The van der Waals surface area contributed by atoms with Crippen LogP contribution in [-0.2, 0) is 9.59 Å². The summed E-state index contributed by atoms with van der Waals surface area (Å²) in [5.74, 6) is 0.506. The molecule has 1 atom stereocenters. The van der Waals surface area contributed by atoms with Crippen LogP contribution in [0.3, 0.4) is 0 Å². The van der Waals surface area contributed by atoms with E-state index in [-0.39, 0.29) is 23.6 Å². The molecule has 0 spiro atoms. The number of likely N-dealkylation sites (tertiary alicyclic amines) is 2. The molecule has 1 N–H and O–H groups in total. The van der Waals surface area contributed by atoms with Crippen LogP contribution in [0.5, 0.6) is 0 Å². The molecule has 0 aromatic carbocycles. The Hall–Kier alpha value is -2.38. The molecule has 4 rings (SSSR count). The van der Waals surface area contributed by atoms with Crippen LogP contribution in [-0.4, -0.2) is 81.9 Å². The number of nitrogens with one attached hydrogen (secondary N) is 1. The number of carbonyl (C=O) groups is 3. The molecule has 32 heavy (non-hydrogen) atoms. The van der Waals surface area contributed by atoms with Crippen molar-refractivity contribution in [3.63, 3.8) is 0 Å². The Morgan fingerprint density at radius 3 is 2.69 bits per heavy atom. The first kappa shape index (κ1) is 22.8. The van der Waals surface area contributed by atoms with E-state index in [4.69, 9.17) is 0 Å². The van der Waals surface area contributed by atoms with Gasteiger partial charge in [-0.15, -0.1) is 0 Å². The van der Waals surface area contributed by atoms with Crippen molar-refractivity contribution in [2.75, 3.05) is 33.2 Å². The molecular weight excluding hydrogens is 406 g/mol. The van der Waals surface area contributed by atoms with E-state index in [0.717, 1.165) is 50.9 Å². The first-order valence-corrected chi connectivity index (χ1v) is 12.4. The van der Waals surface area contributed by atoms with Crippen molar-refractivity contribution in [2.24, 2.45) is 0 Å². The van der Waals surface area contributed by atoms with E-state index in [1.165, 1.54) is 19.3 Å². The number of rotatable bonds is 7. The van der Waals surface area contributed by atoms with Crippen LogP contribution in [0.1, 0.15) is 92.6 Å². The van der Waals surface area contributed by atoms with Gasteiger partial charge in [0.15, 0.2) is 0 Å². The highest BCUT2D eigenvalue weighted by Crippen LogP contribution is 2.30. The zero-order valence-corrected chi connectivity index (χ0v) is 19.4. The fourth-order valence-electron chi connectivity index (χ4n) is 5.56. The first-order chi connectivity index (χ1) is 15.5. The second-order valence-electron chi connectivity index (χ2n) is 9.67. The second-order valence-corrected chi connectivity index (χ2v) is 9.67. The van der Waals surface area contributed by atoms with Crippen LogP contribution in [0.2, 0.25) is 0 Å². The van der Waals surface area contributed by atoms with Crippen molar-refractivity contribution in [1.82, 2.24) is 24.9 Å². The SMILES string of the molecule is CN(C(=O)c1cn[nH]c1C1CCCN(C(=O)CCCN2CCCC2=O)C1)C1CCCCC1. The highest BCUT2D eigenvalue weighted by atomic mass is 16.2. The number of nitrogens with zero attached hydrogens (tertiary/aromatic N) is 4. The van der Waals surface area contributed by atoms with E-state index < -0.39 is 0 Å². The van der Waals surface area contributed by atoms with Gasteiger partial charge < -0.3 is 14.7 Å². The summed E-state index contributed by atoms with van der Waals surface area (Å²) in [6, 6.07) is 0.311. The predicted molar refractivity (Wildman–Crippen MR) is 121 cm³/mol. The van der Waals surface area contributed by atoms with E-state index in [1.54, 1.807) is 6.20 Å². The summed E-state index contributed by atoms with van der Waals surface area (Å²) in [5, 5.41) is 7.28. The lowest BCUT2D eigenvalue weighted by Crippen LogP contribution is -2.41. The number of aromatic nitrogens is 2. The van der Waals surface area contributed by atoms with Gasteiger partial charge in [-0.05, 0) is 38.5 Å². The third-order valence-electron chi connectivity index (χ3n) is 7.51. The van der Waals surface area contributed by atoms with Crippen LogP contribution < -0.4 is 0 Å².